The van der Waals surface area contributed by atoms with Crippen LogP contribution in [0.15, 0.2) is 58.1 Å². The number of nitrogens with zero attached hydrogens (tertiary/aromatic N) is 4. The number of hydrogen-bond acceptors (Lipinski definition) is 8. The van der Waals surface area contributed by atoms with Gasteiger partial charge in [0.1, 0.15) is 5.65 Å². The van der Waals surface area contributed by atoms with E-state index in [0.717, 1.165) is 23.3 Å². The molecule has 0 spiro atoms. The maximum absolute atomic E-state index is 13.1. The van der Waals surface area contributed by atoms with E-state index in [2.05, 4.69) is 67.6 Å². The number of fused-ring (bicyclic) bond motifs is 2. The van der Waals surface area contributed by atoms with Crippen LogP contribution in [0.2, 0.25) is 0 Å². The molecule has 0 fully saturated rings. The largest absolute Gasteiger partial charge is 0.402 e. The van der Waals surface area contributed by atoms with Gasteiger partial charge in [0.2, 0.25) is 5.43 Å². The van der Waals surface area contributed by atoms with Crippen LogP contribution in [0.4, 0.5) is 5.69 Å². The molecule has 3 aromatic heterocycles. The predicted molar refractivity (Wildman–Crippen MR) is 140 cm³/mol. The molecule has 0 radical (unpaired) electrons. The Hall–Kier alpha value is -3.98. The summed E-state index contributed by atoms with van der Waals surface area (Å²) in [5.41, 5.74) is 14.2. The summed E-state index contributed by atoms with van der Waals surface area (Å²) in [7, 11) is 2.07. The Bertz CT molecular complexity index is 1560. The van der Waals surface area contributed by atoms with Crippen LogP contribution in [0.25, 0.3) is 33.0 Å². The quantitative estimate of drug-likeness (QED) is 0.405. The van der Waals surface area contributed by atoms with Gasteiger partial charge in [0.15, 0.2) is 5.82 Å². The van der Waals surface area contributed by atoms with E-state index in [4.69, 9.17) is 5.73 Å². The van der Waals surface area contributed by atoms with Crippen molar-refractivity contribution in [3.8, 4) is 0 Å². The minimum Gasteiger partial charge on any atom is -0.402 e. The van der Waals surface area contributed by atoms with Crippen molar-refractivity contribution < 1.29 is 0 Å². The highest BCUT2D eigenvalue weighted by atomic mass is 32.1. The summed E-state index contributed by atoms with van der Waals surface area (Å²) in [6.07, 6.45) is 7.58. The number of hydrogen-bond donors (Lipinski definition) is 3. The molecule has 9 heteroatoms. The lowest BCUT2D eigenvalue weighted by Gasteiger charge is -2.27. The van der Waals surface area contributed by atoms with E-state index in [1.165, 1.54) is 10.3 Å². The van der Waals surface area contributed by atoms with Crippen molar-refractivity contribution in [2.75, 3.05) is 25.5 Å². The number of pyridine rings is 1. The van der Waals surface area contributed by atoms with Gasteiger partial charge in [-0.3, -0.25) is 4.79 Å². The summed E-state index contributed by atoms with van der Waals surface area (Å²) < 4.78 is 1.19. The van der Waals surface area contributed by atoms with Crippen LogP contribution in [0.3, 0.4) is 0 Å². The molecule has 0 atom stereocenters. The average molecular weight is 472 g/mol. The lowest BCUT2D eigenvalue weighted by atomic mass is 10.0. The summed E-state index contributed by atoms with van der Waals surface area (Å²) in [5, 5.41) is 3.76. The number of H-pyrrole nitrogens is 1. The van der Waals surface area contributed by atoms with Gasteiger partial charge in [-0.2, -0.15) is 0 Å². The fourth-order valence-electron chi connectivity index (χ4n) is 4.13. The molecule has 0 amide bonds. The minimum absolute atomic E-state index is 0.121. The zero-order valence-electron chi connectivity index (χ0n) is 19.2. The minimum atomic E-state index is -0.121. The first-order chi connectivity index (χ1) is 16.4. The molecule has 0 saturated carbocycles. The molecule has 1 aromatic carbocycles. The van der Waals surface area contributed by atoms with Gasteiger partial charge < -0.3 is 20.9 Å². The van der Waals surface area contributed by atoms with Crippen molar-refractivity contribution in [3.63, 3.8) is 0 Å². The molecule has 0 unspecified atom stereocenters. The van der Waals surface area contributed by atoms with Crippen LogP contribution in [-0.4, -0.2) is 45.0 Å². The van der Waals surface area contributed by atoms with Crippen molar-refractivity contribution in [1.29, 1.82) is 0 Å². The highest BCUT2D eigenvalue weighted by molar-refractivity contribution is 7.16. The number of likely N-dealkylation sites (N-methyl/N-ethyl adjacent to an activating group) is 1. The fourth-order valence-corrected chi connectivity index (χ4v) is 4.79. The van der Waals surface area contributed by atoms with Crippen LogP contribution in [0, 0.1) is 6.92 Å². The normalized spacial score (nSPS) is 14.4. The van der Waals surface area contributed by atoms with E-state index in [-0.39, 0.29) is 5.43 Å². The first-order valence-electron chi connectivity index (χ1n) is 10.9. The number of thiazole rings is 1. The summed E-state index contributed by atoms with van der Waals surface area (Å²) in [6, 6.07) is 6.38. The van der Waals surface area contributed by atoms with E-state index in [0.29, 0.717) is 40.5 Å². The van der Waals surface area contributed by atoms with Gasteiger partial charge in [0.25, 0.3) is 0 Å². The Labute approximate surface area is 200 Å². The van der Waals surface area contributed by atoms with E-state index in [1.54, 1.807) is 37.5 Å². The number of aromatic nitrogens is 4. The van der Waals surface area contributed by atoms with Crippen LogP contribution >= 0.6 is 11.3 Å². The topological polar surface area (TPSA) is 113 Å². The van der Waals surface area contributed by atoms with Gasteiger partial charge in [-0.05, 0) is 37.6 Å². The molecule has 0 saturated heterocycles. The maximum atomic E-state index is 13.1. The number of benzene rings is 1. The molecule has 8 nitrogen and oxygen atoms in total. The second-order valence-corrected chi connectivity index (χ2v) is 9.32. The number of rotatable bonds is 5. The molecule has 172 valence electrons. The SMILES string of the molecule is C/C(N)=C/c1nc(C)c2c(=O)c(NCC3=CC=C(c4ccc5scnc5c4)N(C)C3)c[nH]c2n1. The third-order valence-corrected chi connectivity index (χ3v) is 6.56. The van der Waals surface area contributed by atoms with Crippen molar-refractivity contribution in [3.05, 3.63) is 80.6 Å². The van der Waals surface area contributed by atoms with Crippen LogP contribution in [-0.2, 0) is 0 Å². The molecular formula is C25H25N7OS. The van der Waals surface area contributed by atoms with Crippen molar-refractivity contribution in [2.45, 2.75) is 13.8 Å². The molecule has 0 bridgehead atoms. The van der Waals surface area contributed by atoms with Crippen molar-refractivity contribution in [1.82, 2.24) is 24.8 Å². The highest BCUT2D eigenvalue weighted by Crippen LogP contribution is 2.27. The summed E-state index contributed by atoms with van der Waals surface area (Å²) >= 11 is 1.65. The molecule has 0 aliphatic carbocycles. The highest BCUT2D eigenvalue weighted by Gasteiger charge is 2.16. The molecule has 4 N–H and O–H groups in total. The van der Waals surface area contributed by atoms with E-state index in [1.807, 2.05) is 5.51 Å². The van der Waals surface area contributed by atoms with Crippen LogP contribution in [0.1, 0.15) is 24.0 Å². The van der Waals surface area contributed by atoms with E-state index in [9.17, 15) is 4.79 Å². The van der Waals surface area contributed by atoms with Gasteiger partial charge >= 0.3 is 0 Å². The molecule has 1 aliphatic rings. The molecule has 34 heavy (non-hydrogen) atoms. The number of aromatic amines is 1. The Morgan fingerprint density at radius 3 is 2.97 bits per heavy atom. The molecule has 4 heterocycles. The van der Waals surface area contributed by atoms with Gasteiger partial charge in [0, 0.05) is 49.4 Å². The third-order valence-electron chi connectivity index (χ3n) is 5.75. The van der Waals surface area contributed by atoms with E-state index >= 15 is 0 Å². The zero-order valence-corrected chi connectivity index (χ0v) is 20.0. The van der Waals surface area contributed by atoms with Crippen molar-refractivity contribution >= 4 is 50.0 Å². The smallest absolute Gasteiger partial charge is 0.215 e. The zero-order chi connectivity index (χ0) is 23.8. The number of allylic oxidation sites excluding steroid dienone is 3. The number of nitrogens with one attached hydrogen (secondary N) is 2. The molecule has 5 rings (SSSR count). The van der Waals surface area contributed by atoms with Gasteiger partial charge in [0.05, 0.1) is 32.5 Å². The van der Waals surface area contributed by atoms with Gasteiger partial charge in [-0.25, -0.2) is 15.0 Å². The third kappa shape index (κ3) is 4.17. The Morgan fingerprint density at radius 1 is 1.32 bits per heavy atom. The fraction of sp³-hybridized carbons (Fsp3) is 0.200. The predicted octanol–water partition coefficient (Wildman–Crippen LogP) is 3.88. The van der Waals surface area contributed by atoms with Crippen LogP contribution < -0.4 is 16.5 Å². The standard InChI is InChI=1S/C25H25N7OS/c1-14(26)8-22-30-15(2)23-24(33)19(11-28-25(23)31-22)27-10-16-4-6-20(32(3)12-16)17-5-7-21-18(9-17)29-13-34-21/h4-9,11,13,27H,10,12,26H2,1-3H3,(H,28,30,31,33)/b14-8-. The van der Waals surface area contributed by atoms with Gasteiger partial charge in [-0.1, -0.05) is 12.1 Å². The maximum Gasteiger partial charge on any atom is 0.215 e. The number of nitrogens with two attached hydrogens (primary N) is 1. The molecule has 1 aliphatic heterocycles. The Kier molecular flexibility index (Phi) is 5.62. The first-order valence-corrected chi connectivity index (χ1v) is 11.8. The Morgan fingerprint density at radius 2 is 2.18 bits per heavy atom. The lowest BCUT2D eigenvalue weighted by Crippen LogP contribution is -2.26. The monoisotopic (exact) mass is 471 g/mol. The number of aryl methyl sites for hydroxylation is 1. The molecule has 4 aromatic rings. The molecular weight excluding hydrogens is 446 g/mol. The second kappa shape index (κ2) is 8.75. The number of anilines is 1. The van der Waals surface area contributed by atoms with Crippen molar-refractivity contribution in [2.24, 2.45) is 5.73 Å². The summed E-state index contributed by atoms with van der Waals surface area (Å²) in [5.74, 6) is 0.480. The average Bonchev–Trinajstić information content (AvgIpc) is 3.26. The first kappa shape index (κ1) is 21.8. The summed E-state index contributed by atoms with van der Waals surface area (Å²) in [4.78, 5) is 31.7. The van der Waals surface area contributed by atoms with Crippen LogP contribution in [0.5, 0.6) is 0 Å². The second-order valence-electron chi connectivity index (χ2n) is 8.43. The van der Waals surface area contributed by atoms with E-state index < -0.39 is 0 Å². The van der Waals surface area contributed by atoms with Gasteiger partial charge in [-0.15, -0.1) is 11.3 Å². The summed E-state index contributed by atoms with van der Waals surface area (Å²) in [6.45, 7) is 4.89. The Balaban J connectivity index is 1.37. The lowest BCUT2D eigenvalue weighted by molar-refractivity contribution is 0.514.